The standard InChI is InChI=1S/C52H61N5O8S/c1-6-44(38-13-9-7-10-14-38)47(39-15-11-8-12-16-39)40-21-23-43(24-22-40)64-28-26-56(5)52(62)65-30-29-63-27-25-46(59)55-48(35(2)3)51(61)57-33-42(58)31-45(57)50(60)53-32-37-17-19-41(20-18-37)49-36(4)54-34-66-49/h7-24,34-35,42,45,48,58H,6,25-33H2,1-5H3,(H,53,60)(H,55,59)/b47-44-/t42-,45+,48+/m1/s1. The number of aliphatic hydroxyl groups excluding tert-OH is 1. The van der Waals surface area contributed by atoms with Crippen LogP contribution >= 0.6 is 11.3 Å². The van der Waals surface area contributed by atoms with Gasteiger partial charge in [0.1, 0.15) is 31.0 Å². The Balaban J connectivity index is 0.886. The third-order valence-electron chi connectivity index (χ3n) is 11.5. The lowest BCUT2D eigenvalue weighted by Crippen LogP contribution is -2.55. The van der Waals surface area contributed by atoms with Crippen LogP contribution in [0.5, 0.6) is 5.75 Å². The Kier molecular flexibility index (Phi) is 18.0. The van der Waals surface area contributed by atoms with Gasteiger partial charge in [0.2, 0.25) is 17.7 Å². The molecule has 1 aliphatic rings. The molecule has 1 saturated heterocycles. The minimum absolute atomic E-state index is 0.0131. The molecule has 1 aromatic heterocycles. The van der Waals surface area contributed by atoms with E-state index in [-0.39, 0.29) is 64.2 Å². The molecule has 2 heterocycles. The third-order valence-corrected chi connectivity index (χ3v) is 12.4. The number of aliphatic hydroxyl groups is 1. The molecule has 348 valence electrons. The van der Waals surface area contributed by atoms with Gasteiger partial charge in [0, 0.05) is 33.0 Å². The molecule has 66 heavy (non-hydrogen) atoms. The first-order valence-electron chi connectivity index (χ1n) is 22.5. The number of hydrogen-bond donors (Lipinski definition) is 3. The van der Waals surface area contributed by atoms with Crippen molar-refractivity contribution in [3.8, 4) is 16.2 Å². The van der Waals surface area contributed by atoms with Crippen molar-refractivity contribution in [2.75, 3.05) is 46.6 Å². The lowest BCUT2D eigenvalue weighted by Gasteiger charge is -2.30. The Bertz CT molecular complexity index is 2390. The molecule has 3 atom stereocenters. The number of amides is 4. The van der Waals surface area contributed by atoms with Gasteiger partial charge in [-0.15, -0.1) is 11.3 Å². The molecular formula is C52H61N5O8S. The summed E-state index contributed by atoms with van der Waals surface area (Å²) in [5, 5.41) is 16.2. The molecule has 3 N–H and O–H groups in total. The minimum Gasteiger partial charge on any atom is -0.492 e. The second kappa shape index (κ2) is 24.3. The molecule has 6 rings (SSSR count). The summed E-state index contributed by atoms with van der Waals surface area (Å²) in [5.74, 6) is -0.818. The van der Waals surface area contributed by atoms with Crippen LogP contribution in [0.3, 0.4) is 0 Å². The first kappa shape index (κ1) is 49.1. The number of likely N-dealkylation sites (N-methyl/N-ethyl adjacent to an activating group) is 1. The molecule has 0 aliphatic carbocycles. The van der Waals surface area contributed by atoms with Crippen molar-refractivity contribution >= 4 is 46.3 Å². The predicted octanol–water partition coefficient (Wildman–Crippen LogP) is 7.76. The number of rotatable bonds is 21. The summed E-state index contributed by atoms with van der Waals surface area (Å²) in [4.78, 5) is 60.9. The van der Waals surface area contributed by atoms with Crippen molar-refractivity contribution < 1.29 is 38.5 Å². The summed E-state index contributed by atoms with van der Waals surface area (Å²) < 4.78 is 16.9. The monoisotopic (exact) mass is 915 g/mol. The molecule has 13 nitrogen and oxygen atoms in total. The van der Waals surface area contributed by atoms with Gasteiger partial charge in [0.05, 0.1) is 41.9 Å². The average Bonchev–Trinajstić information content (AvgIpc) is 3.95. The Hall–Kier alpha value is -6.35. The summed E-state index contributed by atoms with van der Waals surface area (Å²) >= 11 is 1.57. The summed E-state index contributed by atoms with van der Waals surface area (Å²) in [5.41, 5.74) is 10.5. The molecule has 0 spiro atoms. The minimum atomic E-state index is -0.913. The fourth-order valence-electron chi connectivity index (χ4n) is 7.86. The van der Waals surface area contributed by atoms with Gasteiger partial charge in [-0.3, -0.25) is 14.4 Å². The molecule has 0 radical (unpaired) electrons. The van der Waals surface area contributed by atoms with Crippen LogP contribution in [-0.4, -0.2) is 108 Å². The number of benzene rings is 4. The number of aromatic nitrogens is 1. The molecule has 1 fully saturated rings. The number of aryl methyl sites for hydroxylation is 1. The number of allylic oxidation sites excluding steroid dienone is 1. The molecule has 14 heteroatoms. The van der Waals surface area contributed by atoms with E-state index in [1.54, 1.807) is 18.4 Å². The highest BCUT2D eigenvalue weighted by Crippen LogP contribution is 2.35. The van der Waals surface area contributed by atoms with E-state index < -0.39 is 36.1 Å². The normalized spacial score (nSPS) is 15.5. The zero-order valence-electron chi connectivity index (χ0n) is 38.4. The number of hydrogen-bond acceptors (Lipinski definition) is 10. The smallest absolute Gasteiger partial charge is 0.409 e. The van der Waals surface area contributed by atoms with Gasteiger partial charge >= 0.3 is 6.09 Å². The van der Waals surface area contributed by atoms with Crippen molar-refractivity contribution in [1.82, 2.24) is 25.4 Å². The highest BCUT2D eigenvalue weighted by Gasteiger charge is 2.42. The molecule has 1 aliphatic heterocycles. The average molecular weight is 916 g/mol. The SMILES string of the molecule is CC/C(=C(\c1ccccc1)c1ccc(OCCN(C)C(=O)OCCOCCC(=O)N[C@H](C(=O)N2C[C@H](O)C[C@H]2C(=O)NCc2ccc(-c3scnc3C)cc2)C(C)C)cc1)c1ccccc1. The van der Waals surface area contributed by atoms with E-state index >= 15 is 0 Å². The number of β-amino-alcohol motifs (C(OH)–C–C–N with tert-alkyl or cyclic N) is 1. The summed E-state index contributed by atoms with van der Waals surface area (Å²) in [6.07, 6.45) is -0.471. The number of nitrogens with one attached hydrogen (secondary N) is 2. The highest BCUT2D eigenvalue weighted by atomic mass is 32.1. The van der Waals surface area contributed by atoms with Crippen LogP contribution in [0.1, 0.15) is 68.0 Å². The first-order chi connectivity index (χ1) is 31.9. The van der Waals surface area contributed by atoms with E-state index in [4.69, 9.17) is 14.2 Å². The van der Waals surface area contributed by atoms with Crippen molar-refractivity contribution in [2.45, 2.75) is 71.7 Å². The number of thiazole rings is 1. The van der Waals surface area contributed by atoms with E-state index in [0.717, 1.165) is 39.2 Å². The maximum atomic E-state index is 13.8. The molecule has 0 saturated carbocycles. The fourth-order valence-corrected chi connectivity index (χ4v) is 8.67. The zero-order chi connectivity index (χ0) is 47.0. The molecule has 4 amide bonds. The van der Waals surface area contributed by atoms with Crippen LogP contribution < -0.4 is 15.4 Å². The second-order valence-corrected chi connectivity index (χ2v) is 17.4. The summed E-state index contributed by atoms with van der Waals surface area (Å²) in [7, 11) is 1.63. The third kappa shape index (κ3) is 13.4. The van der Waals surface area contributed by atoms with Gasteiger partial charge in [0.15, 0.2) is 0 Å². The van der Waals surface area contributed by atoms with E-state index in [1.807, 2.05) is 86.9 Å². The van der Waals surface area contributed by atoms with Crippen molar-refractivity contribution in [1.29, 1.82) is 0 Å². The Morgan fingerprint density at radius 3 is 2.17 bits per heavy atom. The summed E-state index contributed by atoms with van der Waals surface area (Å²) in [6, 6.07) is 34.9. The Morgan fingerprint density at radius 2 is 1.53 bits per heavy atom. The topological polar surface area (TPSA) is 160 Å². The maximum absolute atomic E-state index is 13.8. The molecule has 4 aromatic carbocycles. The van der Waals surface area contributed by atoms with Crippen molar-refractivity contribution in [2.24, 2.45) is 5.92 Å². The first-order valence-corrected chi connectivity index (χ1v) is 23.4. The van der Waals surface area contributed by atoms with E-state index in [0.29, 0.717) is 12.3 Å². The maximum Gasteiger partial charge on any atom is 0.409 e. The van der Waals surface area contributed by atoms with Gasteiger partial charge in [0.25, 0.3) is 0 Å². The van der Waals surface area contributed by atoms with E-state index in [2.05, 4.69) is 71.1 Å². The van der Waals surface area contributed by atoms with Crippen LogP contribution in [0, 0.1) is 12.8 Å². The molecule has 0 unspecified atom stereocenters. The van der Waals surface area contributed by atoms with Crippen LogP contribution in [0.15, 0.2) is 115 Å². The van der Waals surface area contributed by atoms with Gasteiger partial charge in [-0.05, 0) is 70.4 Å². The number of carbonyl (C=O) groups excluding carboxylic acids is 4. The zero-order valence-corrected chi connectivity index (χ0v) is 39.2. The van der Waals surface area contributed by atoms with Crippen molar-refractivity contribution in [3.05, 3.63) is 143 Å². The van der Waals surface area contributed by atoms with Crippen molar-refractivity contribution in [3.63, 3.8) is 0 Å². The lowest BCUT2D eigenvalue weighted by atomic mass is 9.88. The summed E-state index contributed by atoms with van der Waals surface area (Å²) in [6.45, 7) is 8.65. The predicted molar refractivity (Wildman–Crippen MR) is 257 cm³/mol. The number of ether oxygens (including phenoxy) is 3. The van der Waals surface area contributed by atoms with Crippen LogP contribution in [-0.2, 0) is 30.4 Å². The van der Waals surface area contributed by atoms with Crippen LogP contribution in [0.2, 0.25) is 0 Å². The van der Waals surface area contributed by atoms with E-state index in [9.17, 15) is 24.3 Å². The number of likely N-dealkylation sites (tertiary alicyclic amines) is 1. The van der Waals surface area contributed by atoms with Gasteiger partial charge in [-0.25, -0.2) is 9.78 Å². The largest absolute Gasteiger partial charge is 0.492 e. The van der Waals surface area contributed by atoms with Gasteiger partial charge in [-0.2, -0.15) is 0 Å². The molecular weight excluding hydrogens is 855 g/mol. The van der Waals surface area contributed by atoms with Gasteiger partial charge in [-0.1, -0.05) is 118 Å². The van der Waals surface area contributed by atoms with Crippen LogP contribution in [0.4, 0.5) is 4.79 Å². The lowest BCUT2D eigenvalue weighted by molar-refractivity contribution is -0.142. The second-order valence-electron chi connectivity index (χ2n) is 16.6. The Labute approximate surface area is 391 Å². The molecule has 0 bridgehead atoms. The van der Waals surface area contributed by atoms with E-state index in [1.165, 1.54) is 26.5 Å². The Morgan fingerprint density at radius 1 is 0.864 bits per heavy atom. The number of nitrogens with zero attached hydrogens (tertiary/aromatic N) is 3. The fraction of sp³-hybridized carbons (Fsp3) is 0.365. The quantitative estimate of drug-likeness (QED) is 0.0494. The van der Waals surface area contributed by atoms with Gasteiger partial charge < -0.3 is 39.8 Å². The molecule has 5 aromatic rings. The number of carbonyl (C=O) groups is 4. The van der Waals surface area contributed by atoms with Crippen LogP contribution in [0.25, 0.3) is 21.6 Å². The highest BCUT2D eigenvalue weighted by molar-refractivity contribution is 7.13.